The van der Waals surface area contributed by atoms with Gasteiger partial charge in [0.1, 0.15) is 17.5 Å². The highest BCUT2D eigenvalue weighted by atomic mass is 15.1. The van der Waals surface area contributed by atoms with E-state index in [2.05, 4.69) is 20.3 Å². The summed E-state index contributed by atoms with van der Waals surface area (Å²) in [7, 11) is 0. The Bertz CT molecular complexity index is 539. The van der Waals surface area contributed by atoms with Gasteiger partial charge in [-0.2, -0.15) is 0 Å². The van der Waals surface area contributed by atoms with Crippen molar-refractivity contribution in [1.29, 1.82) is 0 Å². The zero-order valence-corrected chi connectivity index (χ0v) is 10.6. The van der Waals surface area contributed by atoms with Crippen LogP contribution in [0.1, 0.15) is 24.0 Å². The van der Waals surface area contributed by atoms with Crippen molar-refractivity contribution in [3.63, 3.8) is 0 Å². The normalized spacial score (nSPS) is 10.3. The molecule has 2 heterocycles. The van der Waals surface area contributed by atoms with Crippen molar-refractivity contribution in [2.45, 2.75) is 26.8 Å². The van der Waals surface area contributed by atoms with Crippen LogP contribution in [0, 0.1) is 6.92 Å². The molecule has 0 aromatic carbocycles. The number of nitrogen functional groups attached to an aromatic ring is 1. The van der Waals surface area contributed by atoms with E-state index in [-0.39, 0.29) is 0 Å². The zero-order valence-electron chi connectivity index (χ0n) is 10.6. The van der Waals surface area contributed by atoms with Gasteiger partial charge < -0.3 is 11.1 Å². The third kappa shape index (κ3) is 2.94. The number of rotatable bonds is 4. The number of aryl methyl sites for hydroxylation is 2. The third-order valence-corrected chi connectivity index (χ3v) is 2.66. The first kappa shape index (κ1) is 12.3. The van der Waals surface area contributed by atoms with Crippen LogP contribution in [0.4, 0.5) is 11.6 Å². The van der Waals surface area contributed by atoms with Crippen molar-refractivity contribution in [3.05, 3.63) is 41.5 Å². The molecule has 0 saturated heterocycles. The summed E-state index contributed by atoms with van der Waals surface area (Å²) in [5.74, 6) is 1.97. The molecule has 2 rings (SSSR count). The van der Waals surface area contributed by atoms with Crippen molar-refractivity contribution in [2.75, 3.05) is 11.1 Å². The average Bonchev–Trinajstić information content (AvgIpc) is 2.37. The molecule has 0 bridgehead atoms. The first-order valence-electron chi connectivity index (χ1n) is 5.97. The second-order valence-electron chi connectivity index (χ2n) is 4.07. The molecule has 2 aromatic rings. The largest absolute Gasteiger partial charge is 0.384 e. The summed E-state index contributed by atoms with van der Waals surface area (Å²) in [6.07, 6.45) is 2.55. The fourth-order valence-corrected chi connectivity index (χ4v) is 1.64. The number of nitrogens with two attached hydrogens (primary N) is 1. The maximum atomic E-state index is 5.73. The third-order valence-electron chi connectivity index (χ3n) is 2.66. The lowest BCUT2D eigenvalue weighted by Gasteiger charge is -2.08. The highest BCUT2D eigenvalue weighted by Crippen LogP contribution is 2.11. The average molecular weight is 243 g/mol. The van der Waals surface area contributed by atoms with Gasteiger partial charge in [0.05, 0.1) is 12.2 Å². The summed E-state index contributed by atoms with van der Waals surface area (Å²) in [5, 5.41) is 3.22. The molecule has 0 aliphatic carbocycles. The molecule has 3 N–H and O–H groups in total. The van der Waals surface area contributed by atoms with Crippen LogP contribution in [0.15, 0.2) is 24.4 Å². The van der Waals surface area contributed by atoms with E-state index >= 15 is 0 Å². The van der Waals surface area contributed by atoms with Gasteiger partial charge in [0.25, 0.3) is 0 Å². The van der Waals surface area contributed by atoms with Crippen LogP contribution in [-0.2, 0) is 13.0 Å². The van der Waals surface area contributed by atoms with Gasteiger partial charge in [-0.15, -0.1) is 0 Å². The minimum Gasteiger partial charge on any atom is -0.384 e. The van der Waals surface area contributed by atoms with Crippen LogP contribution in [0.3, 0.4) is 0 Å². The molecule has 5 heteroatoms. The molecular weight excluding hydrogens is 226 g/mol. The Kier molecular flexibility index (Phi) is 3.72. The van der Waals surface area contributed by atoms with E-state index < -0.39 is 0 Å². The van der Waals surface area contributed by atoms with Crippen molar-refractivity contribution < 1.29 is 0 Å². The summed E-state index contributed by atoms with van der Waals surface area (Å²) in [6, 6.07) is 5.70. The maximum Gasteiger partial charge on any atom is 0.132 e. The van der Waals surface area contributed by atoms with Gasteiger partial charge in [-0.3, -0.25) is 4.98 Å². The molecule has 94 valence electrons. The Hall–Kier alpha value is -2.17. The Labute approximate surface area is 106 Å². The number of nitrogens with zero attached hydrogens (tertiary/aromatic N) is 3. The Morgan fingerprint density at radius 3 is 2.89 bits per heavy atom. The summed E-state index contributed by atoms with van der Waals surface area (Å²) in [4.78, 5) is 12.8. The van der Waals surface area contributed by atoms with E-state index in [4.69, 9.17) is 5.73 Å². The molecule has 18 heavy (non-hydrogen) atoms. The number of aromatic nitrogens is 3. The Balaban J connectivity index is 2.11. The predicted molar refractivity (Wildman–Crippen MR) is 72.1 cm³/mol. The van der Waals surface area contributed by atoms with Gasteiger partial charge in [0.15, 0.2) is 0 Å². The smallest absolute Gasteiger partial charge is 0.132 e. The molecule has 0 aliphatic rings. The van der Waals surface area contributed by atoms with Crippen molar-refractivity contribution in [2.24, 2.45) is 0 Å². The molecule has 0 fully saturated rings. The highest BCUT2D eigenvalue weighted by molar-refractivity contribution is 5.45. The first-order valence-corrected chi connectivity index (χ1v) is 5.97. The second-order valence-corrected chi connectivity index (χ2v) is 4.07. The summed E-state index contributed by atoms with van der Waals surface area (Å²) in [6.45, 7) is 4.67. The number of hydrogen-bond acceptors (Lipinski definition) is 5. The van der Waals surface area contributed by atoms with Gasteiger partial charge in [0.2, 0.25) is 0 Å². The van der Waals surface area contributed by atoms with Crippen molar-refractivity contribution >= 4 is 11.6 Å². The SMILES string of the molecule is CCc1nc(N)cc(NCc2ncccc2C)n1. The molecule has 0 atom stereocenters. The molecule has 0 radical (unpaired) electrons. The number of nitrogens with one attached hydrogen (secondary N) is 1. The lowest BCUT2D eigenvalue weighted by Crippen LogP contribution is -2.08. The summed E-state index contributed by atoms with van der Waals surface area (Å²) in [5.41, 5.74) is 7.89. The fourth-order valence-electron chi connectivity index (χ4n) is 1.64. The molecule has 2 aromatic heterocycles. The summed E-state index contributed by atoms with van der Waals surface area (Å²) < 4.78 is 0. The summed E-state index contributed by atoms with van der Waals surface area (Å²) >= 11 is 0. The van der Waals surface area contributed by atoms with E-state index in [1.54, 1.807) is 12.3 Å². The fraction of sp³-hybridized carbons (Fsp3) is 0.308. The zero-order chi connectivity index (χ0) is 13.0. The molecule has 0 unspecified atom stereocenters. The van der Waals surface area contributed by atoms with Gasteiger partial charge in [0, 0.05) is 18.7 Å². The van der Waals surface area contributed by atoms with Crippen molar-refractivity contribution in [1.82, 2.24) is 15.0 Å². The molecule has 0 saturated carbocycles. The monoisotopic (exact) mass is 243 g/mol. The number of hydrogen-bond donors (Lipinski definition) is 2. The standard InChI is InChI=1S/C13H17N5/c1-3-12-17-11(14)7-13(18-12)16-8-10-9(2)5-4-6-15-10/h4-7H,3,8H2,1-2H3,(H3,14,16,17,18). The molecule has 0 spiro atoms. The minimum atomic E-state index is 0.488. The van der Waals surface area contributed by atoms with Crippen LogP contribution in [0.2, 0.25) is 0 Å². The van der Waals surface area contributed by atoms with Crippen LogP contribution in [-0.4, -0.2) is 15.0 Å². The van der Waals surface area contributed by atoms with Gasteiger partial charge in [-0.05, 0) is 18.6 Å². The van der Waals surface area contributed by atoms with Crippen molar-refractivity contribution in [3.8, 4) is 0 Å². The highest BCUT2D eigenvalue weighted by Gasteiger charge is 2.03. The number of pyridine rings is 1. The molecule has 0 amide bonds. The van der Waals surface area contributed by atoms with E-state index in [9.17, 15) is 0 Å². The lowest BCUT2D eigenvalue weighted by atomic mass is 10.2. The van der Waals surface area contributed by atoms with E-state index in [1.165, 1.54) is 0 Å². The Morgan fingerprint density at radius 2 is 2.17 bits per heavy atom. The van der Waals surface area contributed by atoms with Crippen LogP contribution in [0.5, 0.6) is 0 Å². The van der Waals surface area contributed by atoms with Crippen LogP contribution >= 0.6 is 0 Å². The van der Waals surface area contributed by atoms with Gasteiger partial charge >= 0.3 is 0 Å². The topological polar surface area (TPSA) is 76.7 Å². The lowest BCUT2D eigenvalue weighted by molar-refractivity contribution is 0.929. The number of anilines is 2. The van der Waals surface area contributed by atoms with Gasteiger partial charge in [-0.1, -0.05) is 13.0 Å². The minimum absolute atomic E-state index is 0.488. The van der Waals surface area contributed by atoms with Gasteiger partial charge in [-0.25, -0.2) is 9.97 Å². The van der Waals surface area contributed by atoms with E-state index in [1.807, 2.05) is 26.0 Å². The van der Waals surface area contributed by atoms with Crippen LogP contribution in [0.25, 0.3) is 0 Å². The second kappa shape index (κ2) is 5.44. The molecule has 5 nitrogen and oxygen atoms in total. The van der Waals surface area contributed by atoms with E-state index in [0.717, 1.165) is 29.3 Å². The quantitative estimate of drug-likeness (QED) is 0.858. The molecular formula is C13H17N5. The Morgan fingerprint density at radius 1 is 1.33 bits per heavy atom. The predicted octanol–water partition coefficient (Wildman–Crippen LogP) is 1.94. The molecule has 0 aliphatic heterocycles. The maximum absolute atomic E-state index is 5.73. The first-order chi connectivity index (χ1) is 8.69. The van der Waals surface area contributed by atoms with E-state index in [0.29, 0.717) is 12.4 Å². The van der Waals surface area contributed by atoms with Crippen LogP contribution < -0.4 is 11.1 Å².